The fourth-order valence-corrected chi connectivity index (χ4v) is 1.47. The van der Waals surface area contributed by atoms with Crippen molar-refractivity contribution in [2.24, 2.45) is 5.73 Å². The van der Waals surface area contributed by atoms with Crippen molar-refractivity contribution < 1.29 is 13.9 Å². The van der Waals surface area contributed by atoms with E-state index in [1.807, 2.05) is 6.92 Å². The average molecular weight is 291 g/mol. The van der Waals surface area contributed by atoms with Crippen LogP contribution in [0.4, 0.5) is 4.39 Å². The molecule has 0 saturated carbocycles. The molecule has 0 radical (unpaired) electrons. The lowest BCUT2D eigenvalue weighted by atomic mass is 10.1. The maximum absolute atomic E-state index is 13.4. The lowest BCUT2D eigenvalue weighted by molar-refractivity contribution is -0.121. The van der Waals surface area contributed by atoms with Crippen LogP contribution in [0.1, 0.15) is 25.3 Å². The number of ether oxygens (including phenoxy) is 1. The van der Waals surface area contributed by atoms with Gasteiger partial charge in [-0.2, -0.15) is 0 Å². The van der Waals surface area contributed by atoms with E-state index in [0.717, 1.165) is 0 Å². The van der Waals surface area contributed by atoms with Gasteiger partial charge in [-0.1, -0.05) is 6.07 Å². The topological polar surface area (TPSA) is 64.3 Å². The highest BCUT2D eigenvalue weighted by molar-refractivity contribution is 5.85. The average Bonchev–Trinajstić information content (AvgIpc) is 2.34. The highest BCUT2D eigenvalue weighted by atomic mass is 35.5. The van der Waals surface area contributed by atoms with Crippen LogP contribution >= 0.6 is 12.4 Å². The number of benzene rings is 1. The smallest absolute Gasteiger partial charge is 0.220 e. The third-order valence-electron chi connectivity index (χ3n) is 2.53. The van der Waals surface area contributed by atoms with E-state index in [4.69, 9.17) is 10.5 Å². The number of methoxy groups -OCH3 is 1. The predicted molar refractivity (Wildman–Crippen MR) is 74.9 cm³/mol. The van der Waals surface area contributed by atoms with E-state index in [2.05, 4.69) is 5.32 Å². The normalized spacial score (nSPS) is 11.4. The molecule has 0 saturated heterocycles. The number of nitrogens with one attached hydrogen (secondary N) is 1. The van der Waals surface area contributed by atoms with Gasteiger partial charge in [-0.15, -0.1) is 12.4 Å². The number of amides is 1. The molecule has 1 aromatic rings. The van der Waals surface area contributed by atoms with Gasteiger partial charge in [0.1, 0.15) is 0 Å². The summed E-state index contributed by atoms with van der Waals surface area (Å²) in [5.74, 6) is -0.314. The zero-order chi connectivity index (χ0) is 13.5. The molecule has 6 heteroatoms. The van der Waals surface area contributed by atoms with Crippen LogP contribution in [0.5, 0.6) is 5.75 Å². The largest absolute Gasteiger partial charge is 0.494 e. The van der Waals surface area contributed by atoms with Gasteiger partial charge < -0.3 is 15.8 Å². The van der Waals surface area contributed by atoms with Crippen LogP contribution < -0.4 is 15.8 Å². The van der Waals surface area contributed by atoms with Gasteiger partial charge in [0.15, 0.2) is 11.6 Å². The fraction of sp³-hybridized carbons (Fsp3) is 0.462. The summed E-state index contributed by atoms with van der Waals surface area (Å²) in [4.78, 5) is 11.4. The second-order valence-corrected chi connectivity index (χ2v) is 4.26. The Morgan fingerprint density at radius 3 is 2.74 bits per heavy atom. The van der Waals surface area contributed by atoms with Gasteiger partial charge in [0.05, 0.1) is 7.11 Å². The molecule has 1 amide bonds. The summed E-state index contributed by atoms with van der Waals surface area (Å²) in [5, 5.41) is 2.72. The monoisotopic (exact) mass is 290 g/mol. The Labute approximate surface area is 118 Å². The summed E-state index contributed by atoms with van der Waals surface area (Å²) in [6.07, 6.45) is 1.03. The standard InChI is InChI=1S/C13H19FN2O2.ClH/c1-9(15)3-6-13(17)16-8-10-4-5-12(18-2)11(14)7-10;/h4-5,7,9H,3,6,8,15H2,1-2H3,(H,16,17);1H. The second-order valence-electron chi connectivity index (χ2n) is 4.26. The first kappa shape index (κ1) is 17.7. The molecule has 3 N–H and O–H groups in total. The Balaban J connectivity index is 0.00000324. The SMILES string of the molecule is COc1ccc(CNC(=O)CCC(C)N)cc1F.Cl. The number of halogens is 2. The summed E-state index contributed by atoms with van der Waals surface area (Å²) in [5.41, 5.74) is 6.25. The molecule has 1 aromatic carbocycles. The van der Waals surface area contributed by atoms with Crippen molar-refractivity contribution in [1.82, 2.24) is 5.32 Å². The molecular weight excluding hydrogens is 271 g/mol. The van der Waals surface area contributed by atoms with Crippen LogP contribution in [0, 0.1) is 5.82 Å². The number of carbonyl (C=O) groups is 1. The Bertz CT molecular complexity index is 414. The highest BCUT2D eigenvalue weighted by Gasteiger charge is 2.06. The number of rotatable bonds is 6. The molecule has 19 heavy (non-hydrogen) atoms. The molecular formula is C13H20ClFN2O2. The van der Waals surface area contributed by atoms with E-state index < -0.39 is 5.82 Å². The van der Waals surface area contributed by atoms with Crippen LogP contribution in [0.15, 0.2) is 18.2 Å². The maximum atomic E-state index is 13.4. The molecule has 0 aliphatic carbocycles. The predicted octanol–water partition coefficient (Wildman–Crippen LogP) is 2.00. The van der Waals surface area contributed by atoms with Crippen molar-refractivity contribution in [2.75, 3.05) is 7.11 Å². The van der Waals surface area contributed by atoms with Crippen LogP contribution in [0.3, 0.4) is 0 Å². The van der Waals surface area contributed by atoms with Gasteiger partial charge in [-0.3, -0.25) is 4.79 Å². The number of nitrogens with two attached hydrogens (primary N) is 1. The lowest BCUT2D eigenvalue weighted by Gasteiger charge is -2.08. The Kier molecular flexibility index (Phi) is 8.11. The Morgan fingerprint density at radius 1 is 1.53 bits per heavy atom. The van der Waals surface area contributed by atoms with Crippen LogP contribution in [-0.2, 0) is 11.3 Å². The van der Waals surface area contributed by atoms with E-state index in [0.29, 0.717) is 24.9 Å². The minimum Gasteiger partial charge on any atom is -0.494 e. The minimum absolute atomic E-state index is 0. The van der Waals surface area contributed by atoms with Gasteiger partial charge in [0.2, 0.25) is 5.91 Å². The molecule has 0 bridgehead atoms. The maximum Gasteiger partial charge on any atom is 0.220 e. The summed E-state index contributed by atoms with van der Waals surface area (Å²) >= 11 is 0. The number of hydrogen-bond donors (Lipinski definition) is 2. The summed E-state index contributed by atoms with van der Waals surface area (Å²) in [7, 11) is 1.41. The molecule has 0 heterocycles. The highest BCUT2D eigenvalue weighted by Crippen LogP contribution is 2.17. The summed E-state index contributed by atoms with van der Waals surface area (Å²) < 4.78 is 18.2. The molecule has 4 nitrogen and oxygen atoms in total. The zero-order valence-corrected chi connectivity index (χ0v) is 11.9. The lowest BCUT2D eigenvalue weighted by Crippen LogP contribution is -2.25. The summed E-state index contributed by atoms with van der Waals surface area (Å²) in [6.45, 7) is 2.16. The van der Waals surface area contributed by atoms with Gasteiger partial charge in [0, 0.05) is 19.0 Å². The Morgan fingerprint density at radius 2 is 2.21 bits per heavy atom. The van der Waals surface area contributed by atoms with Crippen molar-refractivity contribution in [3.8, 4) is 5.75 Å². The van der Waals surface area contributed by atoms with Crippen LogP contribution in [-0.4, -0.2) is 19.1 Å². The van der Waals surface area contributed by atoms with Gasteiger partial charge in [-0.25, -0.2) is 4.39 Å². The van der Waals surface area contributed by atoms with Gasteiger partial charge in [0.25, 0.3) is 0 Å². The van der Waals surface area contributed by atoms with E-state index in [-0.39, 0.29) is 30.1 Å². The zero-order valence-electron chi connectivity index (χ0n) is 11.1. The molecule has 1 rings (SSSR count). The number of carbonyl (C=O) groups excluding carboxylic acids is 1. The van der Waals surface area contributed by atoms with Crippen LogP contribution in [0.25, 0.3) is 0 Å². The summed E-state index contributed by atoms with van der Waals surface area (Å²) in [6, 6.07) is 4.62. The quantitative estimate of drug-likeness (QED) is 0.842. The van der Waals surface area contributed by atoms with Crippen molar-refractivity contribution in [1.29, 1.82) is 0 Å². The first-order valence-corrected chi connectivity index (χ1v) is 5.87. The first-order valence-electron chi connectivity index (χ1n) is 5.87. The van der Waals surface area contributed by atoms with Crippen molar-refractivity contribution in [3.63, 3.8) is 0 Å². The van der Waals surface area contributed by atoms with Crippen molar-refractivity contribution >= 4 is 18.3 Å². The molecule has 0 aromatic heterocycles. The van der Waals surface area contributed by atoms with E-state index in [1.165, 1.54) is 13.2 Å². The van der Waals surface area contributed by atoms with E-state index >= 15 is 0 Å². The Hall–Kier alpha value is -1.33. The first-order chi connectivity index (χ1) is 8.52. The third-order valence-corrected chi connectivity index (χ3v) is 2.53. The molecule has 108 valence electrons. The van der Waals surface area contributed by atoms with E-state index in [9.17, 15) is 9.18 Å². The third kappa shape index (κ3) is 6.40. The van der Waals surface area contributed by atoms with Crippen molar-refractivity contribution in [3.05, 3.63) is 29.6 Å². The molecule has 0 spiro atoms. The fourth-order valence-electron chi connectivity index (χ4n) is 1.47. The van der Waals surface area contributed by atoms with Crippen molar-refractivity contribution in [2.45, 2.75) is 32.4 Å². The second kappa shape index (κ2) is 8.72. The molecule has 0 aliphatic heterocycles. The minimum atomic E-state index is -0.431. The molecule has 0 fully saturated rings. The molecule has 1 atom stereocenters. The van der Waals surface area contributed by atoms with Gasteiger partial charge in [-0.05, 0) is 31.0 Å². The number of hydrogen-bond acceptors (Lipinski definition) is 3. The molecule has 0 aliphatic rings. The van der Waals surface area contributed by atoms with Crippen LogP contribution in [0.2, 0.25) is 0 Å². The van der Waals surface area contributed by atoms with Gasteiger partial charge >= 0.3 is 0 Å². The van der Waals surface area contributed by atoms with E-state index in [1.54, 1.807) is 12.1 Å². The molecule has 1 unspecified atom stereocenters.